The molecule has 2 fully saturated rings. The van der Waals surface area contributed by atoms with Gasteiger partial charge in [-0.05, 0) is 25.9 Å². The Kier molecular flexibility index (Phi) is 4.67. The SMILES string of the molecule is O=C(CN1CCC(C(F)(F)F)CC1)N1CCNCC1. The Hall–Kier alpha value is -0.820. The lowest BCUT2D eigenvalue weighted by molar-refractivity contribution is -0.185. The van der Waals surface area contributed by atoms with E-state index in [0.717, 1.165) is 13.1 Å². The van der Waals surface area contributed by atoms with Crippen molar-refractivity contribution in [3.8, 4) is 0 Å². The van der Waals surface area contributed by atoms with Gasteiger partial charge in [-0.15, -0.1) is 0 Å². The number of alkyl halides is 3. The number of piperazine rings is 1. The third-order valence-electron chi connectivity index (χ3n) is 3.88. The summed E-state index contributed by atoms with van der Waals surface area (Å²) in [5.74, 6) is -1.16. The van der Waals surface area contributed by atoms with E-state index in [1.165, 1.54) is 0 Å². The molecule has 0 spiro atoms. The summed E-state index contributed by atoms with van der Waals surface area (Å²) in [6, 6.07) is 0. The number of amides is 1. The molecule has 7 heteroatoms. The molecule has 0 radical (unpaired) electrons. The number of carbonyl (C=O) groups is 1. The number of halogens is 3. The maximum atomic E-state index is 12.5. The van der Waals surface area contributed by atoms with Crippen LogP contribution in [-0.2, 0) is 4.79 Å². The van der Waals surface area contributed by atoms with Gasteiger partial charge in [0.2, 0.25) is 5.91 Å². The first-order chi connectivity index (χ1) is 8.97. The van der Waals surface area contributed by atoms with Gasteiger partial charge in [0, 0.05) is 26.2 Å². The number of nitrogens with one attached hydrogen (secondary N) is 1. The van der Waals surface area contributed by atoms with Crippen molar-refractivity contribution >= 4 is 5.91 Å². The van der Waals surface area contributed by atoms with E-state index in [1.807, 2.05) is 4.90 Å². The zero-order chi connectivity index (χ0) is 13.9. The van der Waals surface area contributed by atoms with Crippen molar-refractivity contribution in [1.29, 1.82) is 0 Å². The molecule has 1 N–H and O–H groups in total. The highest BCUT2D eigenvalue weighted by Crippen LogP contribution is 2.33. The Balaban J connectivity index is 1.74. The molecule has 2 aliphatic heterocycles. The molecule has 0 aromatic carbocycles. The number of hydrogen-bond donors (Lipinski definition) is 1. The van der Waals surface area contributed by atoms with Gasteiger partial charge in [-0.2, -0.15) is 13.2 Å². The van der Waals surface area contributed by atoms with Crippen molar-refractivity contribution in [3.63, 3.8) is 0 Å². The van der Waals surface area contributed by atoms with Gasteiger partial charge in [0.15, 0.2) is 0 Å². The van der Waals surface area contributed by atoms with Crippen molar-refractivity contribution in [2.75, 3.05) is 45.8 Å². The van der Waals surface area contributed by atoms with Crippen LogP contribution in [0.5, 0.6) is 0 Å². The summed E-state index contributed by atoms with van der Waals surface area (Å²) in [4.78, 5) is 15.6. The Morgan fingerprint density at radius 1 is 1.11 bits per heavy atom. The lowest BCUT2D eigenvalue weighted by Gasteiger charge is -2.34. The Labute approximate surface area is 110 Å². The van der Waals surface area contributed by atoms with Gasteiger partial charge in [-0.25, -0.2) is 0 Å². The standard InChI is InChI=1S/C12H20F3N3O/c13-12(14,15)10-1-5-17(6-2-10)9-11(19)18-7-3-16-4-8-18/h10,16H,1-9H2. The van der Waals surface area contributed by atoms with Crippen LogP contribution in [0.1, 0.15) is 12.8 Å². The summed E-state index contributed by atoms with van der Waals surface area (Å²) >= 11 is 0. The lowest BCUT2D eigenvalue weighted by atomic mass is 9.96. The highest BCUT2D eigenvalue weighted by atomic mass is 19.4. The van der Waals surface area contributed by atoms with Crippen molar-refractivity contribution in [2.45, 2.75) is 19.0 Å². The normalized spacial score (nSPS) is 23.6. The molecule has 2 heterocycles. The maximum Gasteiger partial charge on any atom is 0.391 e. The zero-order valence-corrected chi connectivity index (χ0v) is 10.9. The Morgan fingerprint density at radius 2 is 1.68 bits per heavy atom. The van der Waals surface area contributed by atoms with Crippen LogP contribution in [-0.4, -0.2) is 67.7 Å². The predicted octanol–water partition coefficient (Wildman–Crippen LogP) is 0.693. The minimum absolute atomic E-state index is 0.0342. The van der Waals surface area contributed by atoms with Crippen LogP contribution in [0.3, 0.4) is 0 Å². The molecule has 0 atom stereocenters. The summed E-state index contributed by atoms with van der Waals surface area (Å²) in [6.07, 6.45) is -3.87. The fourth-order valence-corrected chi connectivity index (χ4v) is 2.62. The number of hydrogen-bond acceptors (Lipinski definition) is 3. The predicted molar refractivity (Wildman–Crippen MR) is 64.7 cm³/mol. The second-order valence-corrected chi connectivity index (χ2v) is 5.22. The van der Waals surface area contributed by atoms with E-state index in [4.69, 9.17) is 0 Å². The summed E-state index contributed by atoms with van der Waals surface area (Å²) in [5, 5.41) is 3.16. The molecule has 2 aliphatic rings. The first-order valence-corrected chi connectivity index (χ1v) is 6.74. The van der Waals surface area contributed by atoms with Gasteiger partial charge in [0.05, 0.1) is 12.5 Å². The van der Waals surface area contributed by atoms with E-state index >= 15 is 0 Å². The molecule has 0 unspecified atom stereocenters. The zero-order valence-electron chi connectivity index (χ0n) is 10.9. The van der Waals surface area contributed by atoms with Crippen molar-refractivity contribution < 1.29 is 18.0 Å². The summed E-state index contributed by atoms with van der Waals surface area (Å²) in [5.41, 5.74) is 0. The third kappa shape index (κ3) is 4.07. The number of nitrogens with zero attached hydrogens (tertiary/aromatic N) is 2. The minimum atomic E-state index is -4.09. The highest BCUT2D eigenvalue weighted by Gasteiger charge is 2.41. The van der Waals surface area contributed by atoms with E-state index in [9.17, 15) is 18.0 Å². The van der Waals surface area contributed by atoms with Gasteiger partial charge >= 0.3 is 6.18 Å². The van der Waals surface area contributed by atoms with Crippen LogP contribution in [0.25, 0.3) is 0 Å². The Bertz CT molecular complexity index is 308. The molecule has 1 amide bonds. The molecule has 2 saturated heterocycles. The van der Waals surface area contributed by atoms with Gasteiger partial charge in [0.25, 0.3) is 0 Å². The van der Waals surface area contributed by atoms with E-state index in [-0.39, 0.29) is 25.3 Å². The van der Waals surface area contributed by atoms with E-state index in [0.29, 0.717) is 26.2 Å². The quantitative estimate of drug-likeness (QED) is 0.808. The van der Waals surface area contributed by atoms with Crippen LogP contribution in [0.4, 0.5) is 13.2 Å². The van der Waals surface area contributed by atoms with E-state index in [2.05, 4.69) is 5.32 Å². The molecule has 4 nitrogen and oxygen atoms in total. The minimum Gasteiger partial charge on any atom is -0.339 e. The lowest BCUT2D eigenvalue weighted by Crippen LogP contribution is -2.50. The summed E-state index contributed by atoms with van der Waals surface area (Å²) < 4.78 is 37.6. The fraction of sp³-hybridized carbons (Fsp3) is 0.917. The van der Waals surface area contributed by atoms with E-state index in [1.54, 1.807) is 4.90 Å². The third-order valence-corrected chi connectivity index (χ3v) is 3.88. The van der Waals surface area contributed by atoms with Gasteiger partial charge in [-0.1, -0.05) is 0 Å². The molecule has 19 heavy (non-hydrogen) atoms. The molecule has 0 aromatic heterocycles. The van der Waals surface area contributed by atoms with Gasteiger partial charge in [0.1, 0.15) is 0 Å². The molecular formula is C12H20F3N3O. The van der Waals surface area contributed by atoms with Crippen LogP contribution in [0, 0.1) is 5.92 Å². The number of carbonyl (C=O) groups excluding carboxylic acids is 1. The van der Waals surface area contributed by atoms with Crippen molar-refractivity contribution in [2.24, 2.45) is 5.92 Å². The average Bonchev–Trinajstić information content (AvgIpc) is 2.39. The first-order valence-electron chi connectivity index (χ1n) is 6.74. The van der Waals surface area contributed by atoms with Gasteiger partial charge < -0.3 is 10.2 Å². The van der Waals surface area contributed by atoms with Crippen LogP contribution >= 0.6 is 0 Å². The maximum absolute atomic E-state index is 12.5. The van der Waals surface area contributed by atoms with Crippen LogP contribution < -0.4 is 5.32 Å². The molecule has 0 aliphatic carbocycles. The molecule has 0 bridgehead atoms. The smallest absolute Gasteiger partial charge is 0.339 e. The topological polar surface area (TPSA) is 35.6 Å². The molecule has 0 saturated carbocycles. The summed E-state index contributed by atoms with van der Waals surface area (Å²) in [7, 11) is 0. The van der Waals surface area contributed by atoms with Crippen molar-refractivity contribution in [1.82, 2.24) is 15.1 Å². The van der Waals surface area contributed by atoms with Gasteiger partial charge in [-0.3, -0.25) is 9.69 Å². The monoisotopic (exact) mass is 279 g/mol. The molecule has 0 aromatic rings. The van der Waals surface area contributed by atoms with Crippen molar-refractivity contribution in [3.05, 3.63) is 0 Å². The Morgan fingerprint density at radius 3 is 2.21 bits per heavy atom. The van der Waals surface area contributed by atoms with E-state index < -0.39 is 12.1 Å². The second-order valence-electron chi connectivity index (χ2n) is 5.22. The number of piperidine rings is 1. The van der Waals surface area contributed by atoms with Crippen LogP contribution in [0.15, 0.2) is 0 Å². The first kappa shape index (κ1) is 14.6. The average molecular weight is 279 g/mol. The highest BCUT2D eigenvalue weighted by molar-refractivity contribution is 5.78. The summed E-state index contributed by atoms with van der Waals surface area (Å²) in [6.45, 7) is 3.95. The number of rotatable bonds is 2. The number of likely N-dealkylation sites (tertiary alicyclic amines) is 1. The molecular weight excluding hydrogens is 259 g/mol. The fourth-order valence-electron chi connectivity index (χ4n) is 2.62. The molecule has 2 rings (SSSR count). The van der Waals surface area contributed by atoms with Crippen LogP contribution in [0.2, 0.25) is 0 Å². The molecule has 110 valence electrons. The largest absolute Gasteiger partial charge is 0.391 e. The second kappa shape index (κ2) is 6.09.